The van der Waals surface area contributed by atoms with Crippen molar-refractivity contribution in [3.63, 3.8) is 0 Å². The summed E-state index contributed by atoms with van der Waals surface area (Å²) in [6, 6.07) is 9.51. The molecule has 1 saturated heterocycles. The third-order valence-electron chi connectivity index (χ3n) is 8.13. The summed E-state index contributed by atoms with van der Waals surface area (Å²) in [6.07, 6.45) is 4.83. The molecule has 2 fully saturated rings. The molecule has 1 aliphatic carbocycles. The Morgan fingerprint density at radius 2 is 1.78 bits per heavy atom. The molecule has 0 radical (unpaired) electrons. The number of aromatic nitrogens is 4. The van der Waals surface area contributed by atoms with Gasteiger partial charge in [-0.2, -0.15) is 0 Å². The molecular weight excluding hydrogens is 568 g/mol. The molecule has 4 aromatic rings. The summed E-state index contributed by atoms with van der Waals surface area (Å²) >= 11 is 0. The SMILES string of the molecule is C[C@@H]1COC[C@H]2COc3c(nc(-c4c(N)cnc5c4ccn5S(=O)(=O)c4ccccc4)nc3C3(S(C)(=O)=O)CC3)N21. The van der Waals surface area contributed by atoms with Gasteiger partial charge in [0.15, 0.2) is 32.9 Å². The molecule has 0 amide bonds. The third kappa shape index (κ3) is 3.84. The quantitative estimate of drug-likeness (QED) is 0.360. The Morgan fingerprint density at radius 1 is 1.02 bits per heavy atom. The first-order chi connectivity index (χ1) is 19.5. The van der Waals surface area contributed by atoms with Crippen LogP contribution in [0, 0.1) is 0 Å². The number of hydrogen-bond acceptors (Lipinski definition) is 11. The number of rotatable bonds is 5. The normalized spacial score (nSPS) is 21.7. The lowest BCUT2D eigenvalue weighted by atomic mass is 10.1. The van der Waals surface area contributed by atoms with E-state index >= 15 is 0 Å². The first kappa shape index (κ1) is 26.2. The predicted octanol–water partition coefficient (Wildman–Crippen LogP) is 2.33. The maximum Gasteiger partial charge on any atom is 0.269 e. The van der Waals surface area contributed by atoms with E-state index in [9.17, 15) is 16.8 Å². The summed E-state index contributed by atoms with van der Waals surface area (Å²) in [6.45, 7) is 3.25. The molecule has 3 aromatic heterocycles. The Bertz CT molecular complexity index is 1920. The van der Waals surface area contributed by atoms with Gasteiger partial charge in [0.2, 0.25) is 0 Å². The maximum absolute atomic E-state index is 13.5. The van der Waals surface area contributed by atoms with E-state index < -0.39 is 24.6 Å². The van der Waals surface area contributed by atoms with Gasteiger partial charge in [0.1, 0.15) is 17.0 Å². The highest BCUT2D eigenvalue weighted by Crippen LogP contribution is 2.57. The van der Waals surface area contributed by atoms with Crippen molar-refractivity contribution in [2.45, 2.75) is 41.5 Å². The number of nitrogens with zero attached hydrogens (tertiary/aromatic N) is 5. The standard InChI is InChI=1S/C27H28N6O6S2/c1-16-13-38-14-17-15-39-22-23(27(9-10-27)40(2,34)35)30-24(31-26(22)33(16)17)21-19-8-11-32(25(19)29-12-20(21)28)41(36,37)18-6-4-3-5-7-18/h3-8,11-12,16-17H,9-10,13-15,28H2,1-2H3/t16-,17+/m1/s1. The van der Waals surface area contributed by atoms with Gasteiger partial charge in [-0.1, -0.05) is 18.2 Å². The van der Waals surface area contributed by atoms with Gasteiger partial charge < -0.3 is 20.1 Å². The summed E-state index contributed by atoms with van der Waals surface area (Å²) in [4.78, 5) is 16.3. The number of benzene rings is 1. The Labute approximate surface area is 237 Å². The minimum absolute atomic E-state index is 0.0488. The number of nitrogens with two attached hydrogens (primary N) is 1. The summed E-state index contributed by atoms with van der Waals surface area (Å²) < 4.78 is 64.9. The lowest BCUT2D eigenvalue weighted by molar-refractivity contribution is 0.0483. The molecule has 3 aliphatic rings. The number of anilines is 2. The van der Waals surface area contributed by atoms with E-state index in [0.29, 0.717) is 60.9 Å². The van der Waals surface area contributed by atoms with Crippen LogP contribution in [0.25, 0.3) is 22.4 Å². The highest BCUT2D eigenvalue weighted by Gasteiger charge is 2.58. The van der Waals surface area contributed by atoms with Gasteiger partial charge in [-0.25, -0.2) is 35.8 Å². The molecule has 41 heavy (non-hydrogen) atoms. The molecule has 0 spiro atoms. The van der Waals surface area contributed by atoms with Gasteiger partial charge in [-0.3, -0.25) is 0 Å². The third-order valence-corrected chi connectivity index (χ3v) is 11.8. The van der Waals surface area contributed by atoms with Gasteiger partial charge in [0, 0.05) is 17.8 Å². The molecular formula is C27H28N6O6S2. The number of hydrogen-bond donors (Lipinski definition) is 1. The molecule has 1 aromatic carbocycles. The molecule has 0 bridgehead atoms. The van der Waals surface area contributed by atoms with E-state index in [1.54, 1.807) is 24.3 Å². The predicted molar refractivity (Wildman–Crippen MR) is 152 cm³/mol. The molecule has 14 heteroatoms. The summed E-state index contributed by atoms with van der Waals surface area (Å²) in [7, 11) is -7.52. The Hall–Kier alpha value is -3.75. The second-order valence-corrected chi connectivity index (χ2v) is 15.0. The van der Waals surface area contributed by atoms with Crippen molar-refractivity contribution in [2.24, 2.45) is 0 Å². The van der Waals surface area contributed by atoms with E-state index in [1.165, 1.54) is 30.8 Å². The second-order valence-electron chi connectivity index (χ2n) is 10.8. The minimum Gasteiger partial charge on any atom is -0.486 e. The molecule has 214 valence electrons. The lowest BCUT2D eigenvalue weighted by Crippen LogP contribution is -2.56. The number of fused-ring (bicyclic) bond motifs is 4. The van der Waals surface area contributed by atoms with Crippen molar-refractivity contribution in [3.05, 3.63) is 54.5 Å². The zero-order valence-corrected chi connectivity index (χ0v) is 24.0. The summed E-state index contributed by atoms with van der Waals surface area (Å²) in [5.74, 6) is 1.01. The number of morpholine rings is 1. The van der Waals surface area contributed by atoms with Crippen LogP contribution < -0.4 is 15.4 Å². The number of pyridine rings is 1. The average molecular weight is 597 g/mol. The topological polar surface area (TPSA) is 160 Å². The number of ether oxygens (including phenoxy) is 2. The van der Waals surface area contributed by atoms with Crippen molar-refractivity contribution in [1.82, 2.24) is 18.9 Å². The highest BCUT2D eigenvalue weighted by atomic mass is 32.2. The molecule has 7 rings (SSSR count). The van der Waals surface area contributed by atoms with Crippen LogP contribution in [0.1, 0.15) is 25.5 Å². The smallest absolute Gasteiger partial charge is 0.269 e. The van der Waals surface area contributed by atoms with Gasteiger partial charge in [0.25, 0.3) is 10.0 Å². The fraction of sp³-hybridized carbons (Fsp3) is 0.370. The van der Waals surface area contributed by atoms with Crippen molar-refractivity contribution >= 4 is 42.4 Å². The summed E-state index contributed by atoms with van der Waals surface area (Å²) in [5.41, 5.74) is 7.51. The molecule has 0 unspecified atom stereocenters. The number of nitrogen functional groups attached to an aromatic ring is 1. The van der Waals surface area contributed by atoms with Gasteiger partial charge in [-0.05, 0) is 38.0 Å². The van der Waals surface area contributed by atoms with Crippen LogP contribution in [0.2, 0.25) is 0 Å². The molecule has 2 N–H and O–H groups in total. The number of sulfone groups is 1. The first-order valence-corrected chi connectivity index (χ1v) is 16.5. The van der Waals surface area contributed by atoms with Gasteiger partial charge >= 0.3 is 0 Å². The fourth-order valence-corrected chi connectivity index (χ4v) is 8.53. The van der Waals surface area contributed by atoms with Crippen molar-refractivity contribution < 1.29 is 26.3 Å². The van der Waals surface area contributed by atoms with Crippen LogP contribution in [0.15, 0.2) is 53.7 Å². The maximum atomic E-state index is 13.5. The van der Waals surface area contributed by atoms with Gasteiger partial charge in [0.05, 0.1) is 47.6 Å². The van der Waals surface area contributed by atoms with E-state index in [2.05, 4.69) is 9.88 Å². The Kier molecular flexibility index (Phi) is 5.66. The molecule has 2 atom stereocenters. The van der Waals surface area contributed by atoms with Crippen molar-refractivity contribution in [3.8, 4) is 17.1 Å². The van der Waals surface area contributed by atoms with E-state index in [1.807, 2.05) is 6.92 Å². The van der Waals surface area contributed by atoms with Crippen molar-refractivity contribution in [1.29, 1.82) is 0 Å². The fourth-order valence-electron chi connectivity index (χ4n) is 5.88. The lowest BCUT2D eigenvalue weighted by Gasteiger charge is -2.45. The second kappa shape index (κ2) is 8.87. The zero-order valence-electron chi connectivity index (χ0n) is 22.4. The van der Waals surface area contributed by atoms with Crippen LogP contribution >= 0.6 is 0 Å². The largest absolute Gasteiger partial charge is 0.486 e. The highest BCUT2D eigenvalue weighted by molar-refractivity contribution is 7.92. The molecule has 12 nitrogen and oxygen atoms in total. The minimum atomic E-state index is -3.96. The van der Waals surface area contributed by atoms with Crippen LogP contribution in [0.4, 0.5) is 11.5 Å². The van der Waals surface area contributed by atoms with E-state index in [-0.39, 0.29) is 34.1 Å². The van der Waals surface area contributed by atoms with Crippen LogP contribution in [0.5, 0.6) is 5.75 Å². The Morgan fingerprint density at radius 3 is 2.49 bits per heavy atom. The molecule has 1 saturated carbocycles. The average Bonchev–Trinajstić information content (AvgIpc) is 3.66. The molecule has 2 aliphatic heterocycles. The zero-order chi connectivity index (χ0) is 28.7. The first-order valence-electron chi connectivity index (χ1n) is 13.2. The van der Waals surface area contributed by atoms with E-state index in [0.717, 1.165) is 3.97 Å². The Balaban J connectivity index is 1.48. The molecule has 5 heterocycles. The van der Waals surface area contributed by atoms with E-state index in [4.69, 9.17) is 25.2 Å². The van der Waals surface area contributed by atoms with Crippen LogP contribution in [0.3, 0.4) is 0 Å². The summed E-state index contributed by atoms with van der Waals surface area (Å²) in [5, 5.41) is 0.419. The monoisotopic (exact) mass is 596 g/mol. The van der Waals surface area contributed by atoms with Crippen molar-refractivity contribution in [2.75, 3.05) is 36.7 Å². The van der Waals surface area contributed by atoms with Gasteiger partial charge in [-0.15, -0.1) is 0 Å². The van der Waals surface area contributed by atoms with Crippen LogP contribution in [-0.2, 0) is 29.3 Å². The van der Waals surface area contributed by atoms with Crippen LogP contribution in [-0.4, -0.2) is 73.9 Å².